The molecule has 0 aliphatic rings. The first-order valence-corrected chi connectivity index (χ1v) is 7.11. The lowest BCUT2D eigenvalue weighted by atomic mass is 10.1. The molecule has 8 heteroatoms. The molecule has 0 radical (unpaired) electrons. The highest BCUT2D eigenvalue weighted by molar-refractivity contribution is 6.46. The number of amides is 3. The van der Waals surface area contributed by atoms with Gasteiger partial charge in [0.2, 0.25) is 0 Å². The molecule has 0 heterocycles. The second-order valence-corrected chi connectivity index (χ2v) is 5.21. The Bertz CT molecular complexity index is 793. The molecular weight excluding hydrogens is 341 g/mol. The summed E-state index contributed by atoms with van der Waals surface area (Å²) in [5.41, 5.74) is 6.07. The molecule has 0 atom stereocenters. The Morgan fingerprint density at radius 2 is 1.61 bits per heavy atom. The van der Waals surface area contributed by atoms with Gasteiger partial charge in [-0.1, -0.05) is 41.4 Å². The van der Waals surface area contributed by atoms with Gasteiger partial charge in [0.15, 0.2) is 0 Å². The minimum atomic E-state index is -1.14. The fourth-order valence-corrected chi connectivity index (χ4v) is 2.06. The molecule has 0 aliphatic carbocycles. The molecule has 6 nitrogen and oxygen atoms in total. The van der Waals surface area contributed by atoms with Crippen LogP contribution in [-0.2, 0) is 9.59 Å². The smallest absolute Gasteiger partial charge is 0.316 e. The number of nitrogens with two attached hydrogens (primary N) is 1. The van der Waals surface area contributed by atoms with E-state index in [1.54, 1.807) is 18.2 Å². The lowest BCUT2D eigenvalue weighted by Gasteiger charge is -2.09. The van der Waals surface area contributed by atoms with Gasteiger partial charge in [-0.2, -0.15) is 0 Å². The van der Waals surface area contributed by atoms with Crippen LogP contribution in [0.15, 0.2) is 42.5 Å². The van der Waals surface area contributed by atoms with Gasteiger partial charge >= 0.3 is 11.8 Å². The normalized spacial score (nSPS) is 10.0. The fourth-order valence-electron chi connectivity index (χ4n) is 1.71. The molecule has 23 heavy (non-hydrogen) atoms. The summed E-state index contributed by atoms with van der Waals surface area (Å²) in [5.74, 6) is -2.98. The van der Waals surface area contributed by atoms with E-state index >= 15 is 0 Å². The molecule has 3 amide bonds. The van der Waals surface area contributed by atoms with Crippen molar-refractivity contribution in [1.29, 1.82) is 0 Å². The number of rotatable bonds is 2. The molecule has 0 saturated heterocycles. The van der Waals surface area contributed by atoms with E-state index in [-0.39, 0.29) is 27.0 Å². The van der Waals surface area contributed by atoms with Crippen LogP contribution in [0.3, 0.4) is 0 Å². The molecule has 0 unspecified atom stereocenters. The Labute approximate surface area is 141 Å². The molecule has 2 rings (SSSR count). The average Bonchev–Trinajstić information content (AvgIpc) is 2.52. The summed E-state index contributed by atoms with van der Waals surface area (Å²) in [7, 11) is 0. The first kappa shape index (κ1) is 16.8. The Kier molecular flexibility index (Phi) is 5.20. The lowest BCUT2D eigenvalue weighted by Crippen LogP contribution is -2.39. The van der Waals surface area contributed by atoms with E-state index in [0.29, 0.717) is 0 Å². The zero-order chi connectivity index (χ0) is 17.0. The Hall–Kier alpha value is -2.57. The maximum atomic E-state index is 11.9. The van der Waals surface area contributed by atoms with Crippen LogP contribution < -0.4 is 16.4 Å². The van der Waals surface area contributed by atoms with Crippen molar-refractivity contribution in [3.63, 3.8) is 0 Å². The van der Waals surface area contributed by atoms with E-state index in [9.17, 15) is 14.4 Å². The van der Waals surface area contributed by atoms with Crippen molar-refractivity contribution in [3.05, 3.63) is 58.1 Å². The van der Waals surface area contributed by atoms with Crippen molar-refractivity contribution in [2.45, 2.75) is 0 Å². The molecule has 0 aromatic heterocycles. The predicted octanol–water partition coefficient (Wildman–Crippen LogP) is 2.47. The molecule has 0 saturated carbocycles. The Balaban J connectivity index is 2.06. The summed E-state index contributed by atoms with van der Waals surface area (Å²) in [4.78, 5) is 35.5. The zero-order valence-electron chi connectivity index (χ0n) is 11.6. The third kappa shape index (κ3) is 4.00. The van der Waals surface area contributed by atoms with Crippen molar-refractivity contribution in [2.75, 3.05) is 11.1 Å². The third-order valence-corrected chi connectivity index (χ3v) is 3.66. The van der Waals surface area contributed by atoms with Gasteiger partial charge in [-0.15, -0.1) is 0 Å². The van der Waals surface area contributed by atoms with Crippen LogP contribution in [-0.4, -0.2) is 17.7 Å². The topological polar surface area (TPSA) is 101 Å². The number of halogens is 2. The van der Waals surface area contributed by atoms with Crippen LogP contribution in [0.25, 0.3) is 0 Å². The number of carbonyl (C=O) groups excluding carboxylic acids is 3. The predicted molar refractivity (Wildman–Crippen MR) is 88.4 cm³/mol. The lowest BCUT2D eigenvalue weighted by molar-refractivity contribution is -0.135. The third-order valence-electron chi connectivity index (χ3n) is 2.84. The van der Waals surface area contributed by atoms with Crippen molar-refractivity contribution in [3.8, 4) is 0 Å². The number of nitrogens with one attached hydrogen (secondary N) is 2. The van der Waals surface area contributed by atoms with Crippen LogP contribution in [0.4, 0.5) is 11.4 Å². The van der Waals surface area contributed by atoms with E-state index in [1.807, 2.05) is 5.32 Å². The molecule has 118 valence electrons. The summed E-state index contributed by atoms with van der Waals surface area (Å²) >= 11 is 11.7. The monoisotopic (exact) mass is 351 g/mol. The van der Waals surface area contributed by atoms with Crippen molar-refractivity contribution < 1.29 is 14.4 Å². The number of carbonyl (C=O) groups is 3. The van der Waals surface area contributed by atoms with E-state index in [2.05, 4.69) is 5.32 Å². The zero-order valence-corrected chi connectivity index (χ0v) is 13.1. The molecular formula is C15H11Cl2N3O3. The number of nitrogen functional groups attached to an aromatic ring is 1. The second-order valence-electron chi connectivity index (χ2n) is 4.43. The maximum absolute atomic E-state index is 11.9. The summed E-state index contributed by atoms with van der Waals surface area (Å²) < 4.78 is 0. The van der Waals surface area contributed by atoms with Crippen LogP contribution in [0.2, 0.25) is 10.0 Å². The highest BCUT2D eigenvalue weighted by atomic mass is 35.5. The number of imide groups is 1. The van der Waals surface area contributed by atoms with E-state index in [1.165, 1.54) is 24.3 Å². The second kappa shape index (κ2) is 7.13. The van der Waals surface area contributed by atoms with Gasteiger partial charge in [0, 0.05) is 5.69 Å². The average molecular weight is 352 g/mol. The minimum absolute atomic E-state index is 0.0916. The van der Waals surface area contributed by atoms with Gasteiger partial charge in [0.1, 0.15) is 0 Å². The Morgan fingerprint density at radius 1 is 0.913 bits per heavy atom. The molecule has 0 fully saturated rings. The van der Waals surface area contributed by atoms with Gasteiger partial charge in [0.05, 0.1) is 21.3 Å². The standard InChI is InChI=1S/C15H11Cl2N3O3/c16-9-5-3-7-11(12(9)17)19-14(22)15(23)20-13(21)8-4-1-2-6-10(8)18/h1-7H,18H2,(H,19,22)(H,20,21,23). The minimum Gasteiger partial charge on any atom is -0.398 e. The van der Waals surface area contributed by atoms with Crippen LogP contribution >= 0.6 is 23.2 Å². The van der Waals surface area contributed by atoms with Gasteiger partial charge in [-0.3, -0.25) is 19.7 Å². The van der Waals surface area contributed by atoms with Crippen molar-refractivity contribution in [1.82, 2.24) is 5.32 Å². The summed E-state index contributed by atoms with van der Waals surface area (Å²) in [5, 5.41) is 4.53. The summed E-state index contributed by atoms with van der Waals surface area (Å²) in [6, 6.07) is 10.7. The number of hydrogen-bond acceptors (Lipinski definition) is 4. The van der Waals surface area contributed by atoms with E-state index in [0.717, 1.165) is 0 Å². The molecule has 0 aliphatic heterocycles. The molecule has 2 aromatic rings. The van der Waals surface area contributed by atoms with Crippen LogP contribution in [0.1, 0.15) is 10.4 Å². The quantitative estimate of drug-likeness (QED) is 0.571. The van der Waals surface area contributed by atoms with Crippen molar-refractivity contribution in [2.24, 2.45) is 0 Å². The van der Waals surface area contributed by atoms with Gasteiger partial charge in [-0.05, 0) is 24.3 Å². The van der Waals surface area contributed by atoms with Crippen LogP contribution in [0, 0.1) is 0 Å². The molecule has 4 N–H and O–H groups in total. The number of anilines is 2. The first-order valence-electron chi connectivity index (χ1n) is 6.35. The molecule has 2 aromatic carbocycles. The number of hydrogen-bond donors (Lipinski definition) is 3. The molecule has 0 bridgehead atoms. The van der Waals surface area contributed by atoms with E-state index < -0.39 is 17.7 Å². The first-order chi connectivity index (χ1) is 10.9. The number of benzene rings is 2. The highest BCUT2D eigenvalue weighted by Gasteiger charge is 2.20. The largest absolute Gasteiger partial charge is 0.398 e. The Morgan fingerprint density at radius 3 is 2.30 bits per heavy atom. The van der Waals surface area contributed by atoms with Gasteiger partial charge in [0.25, 0.3) is 5.91 Å². The maximum Gasteiger partial charge on any atom is 0.316 e. The highest BCUT2D eigenvalue weighted by Crippen LogP contribution is 2.29. The fraction of sp³-hybridized carbons (Fsp3) is 0. The number of para-hydroxylation sites is 1. The van der Waals surface area contributed by atoms with Gasteiger partial charge < -0.3 is 11.1 Å². The SMILES string of the molecule is Nc1ccccc1C(=O)NC(=O)C(=O)Nc1cccc(Cl)c1Cl. The molecule has 0 spiro atoms. The summed E-state index contributed by atoms with van der Waals surface area (Å²) in [6.45, 7) is 0. The van der Waals surface area contributed by atoms with Crippen LogP contribution in [0.5, 0.6) is 0 Å². The summed E-state index contributed by atoms with van der Waals surface area (Å²) in [6.07, 6.45) is 0. The van der Waals surface area contributed by atoms with Gasteiger partial charge in [-0.25, -0.2) is 0 Å². The van der Waals surface area contributed by atoms with Crippen molar-refractivity contribution >= 4 is 52.3 Å². The van der Waals surface area contributed by atoms with E-state index in [4.69, 9.17) is 28.9 Å².